The zero-order valence-corrected chi connectivity index (χ0v) is 14.5. The average molecular weight is 350 g/mol. The third-order valence-electron chi connectivity index (χ3n) is 3.81. The van der Waals surface area contributed by atoms with Crippen molar-refractivity contribution >= 4 is 17.8 Å². The van der Waals surface area contributed by atoms with Gasteiger partial charge in [0.2, 0.25) is 5.16 Å². The van der Waals surface area contributed by atoms with E-state index in [9.17, 15) is 4.79 Å². The fraction of sp³-hybridized carbons (Fsp3) is 0.533. The van der Waals surface area contributed by atoms with Crippen molar-refractivity contribution in [3.05, 3.63) is 30.0 Å². The summed E-state index contributed by atoms with van der Waals surface area (Å²) in [4.78, 5) is 20.5. The summed E-state index contributed by atoms with van der Waals surface area (Å²) >= 11 is 1.53. The van der Waals surface area contributed by atoms with Gasteiger partial charge in [-0.1, -0.05) is 11.8 Å². The van der Waals surface area contributed by atoms with Crippen LogP contribution in [0.3, 0.4) is 0 Å². The quantitative estimate of drug-likeness (QED) is 0.603. The summed E-state index contributed by atoms with van der Waals surface area (Å²) in [6, 6.07) is 3.88. The maximum atomic E-state index is 12.2. The predicted octanol–water partition coefficient (Wildman–Crippen LogP) is 1.33. The van der Waals surface area contributed by atoms with Gasteiger partial charge in [-0.2, -0.15) is 0 Å². The monoisotopic (exact) mass is 350 g/mol. The third-order valence-corrected chi connectivity index (χ3v) is 4.65. The molecule has 0 aliphatic carbocycles. The third kappa shape index (κ3) is 4.75. The molecule has 0 unspecified atom stereocenters. The number of carbonyl (C=O) groups is 1. The topological polar surface area (TPSA) is 90.3 Å². The zero-order chi connectivity index (χ0) is 16.8. The highest BCUT2D eigenvalue weighted by molar-refractivity contribution is 7.99. The van der Waals surface area contributed by atoms with Crippen LogP contribution in [0.4, 0.5) is 4.79 Å². The second-order valence-electron chi connectivity index (χ2n) is 5.63. The first-order valence-electron chi connectivity index (χ1n) is 8.00. The summed E-state index contributed by atoms with van der Waals surface area (Å²) in [5.41, 5.74) is 0. The van der Waals surface area contributed by atoms with Crippen LogP contribution >= 0.6 is 11.8 Å². The first kappa shape index (κ1) is 16.8. The number of hydrogen-bond acceptors (Lipinski definition) is 6. The van der Waals surface area contributed by atoms with Crippen LogP contribution < -0.4 is 5.32 Å². The Morgan fingerprint density at radius 2 is 2.25 bits per heavy atom. The number of H-pyrrole nitrogens is 1. The number of rotatable bonds is 6. The highest BCUT2D eigenvalue weighted by atomic mass is 32.2. The molecule has 1 aliphatic heterocycles. The summed E-state index contributed by atoms with van der Waals surface area (Å²) in [6.07, 6.45) is 1.69. The van der Waals surface area contributed by atoms with Crippen molar-refractivity contribution < 1.29 is 9.21 Å². The Morgan fingerprint density at radius 1 is 1.42 bits per heavy atom. The fourth-order valence-electron chi connectivity index (χ4n) is 2.53. The SMILES string of the molecule is Cc1nc(SCCNC(=O)N2CCN(Cc3ccco3)CC2)n[nH]1. The van der Waals surface area contributed by atoms with Gasteiger partial charge in [0.05, 0.1) is 12.8 Å². The molecule has 8 nitrogen and oxygen atoms in total. The van der Waals surface area contributed by atoms with E-state index in [-0.39, 0.29) is 6.03 Å². The van der Waals surface area contributed by atoms with E-state index in [1.807, 2.05) is 24.0 Å². The van der Waals surface area contributed by atoms with Gasteiger partial charge in [0.1, 0.15) is 11.6 Å². The van der Waals surface area contributed by atoms with Crippen molar-refractivity contribution in [1.29, 1.82) is 0 Å². The second-order valence-corrected chi connectivity index (χ2v) is 6.69. The lowest BCUT2D eigenvalue weighted by molar-refractivity contribution is 0.130. The molecule has 3 rings (SSSR count). The fourth-order valence-corrected chi connectivity index (χ4v) is 3.23. The minimum Gasteiger partial charge on any atom is -0.468 e. The molecule has 3 heterocycles. The van der Waals surface area contributed by atoms with Crippen LogP contribution in [-0.2, 0) is 6.54 Å². The molecule has 0 atom stereocenters. The number of carbonyl (C=O) groups excluding carboxylic acids is 1. The number of nitrogens with one attached hydrogen (secondary N) is 2. The summed E-state index contributed by atoms with van der Waals surface area (Å²) in [5.74, 6) is 2.52. The molecule has 2 N–H and O–H groups in total. The molecule has 1 saturated heterocycles. The van der Waals surface area contributed by atoms with Gasteiger partial charge in [0.15, 0.2) is 0 Å². The van der Waals surface area contributed by atoms with E-state index < -0.39 is 0 Å². The van der Waals surface area contributed by atoms with Gasteiger partial charge in [0, 0.05) is 38.5 Å². The van der Waals surface area contributed by atoms with Crippen LogP contribution in [0.5, 0.6) is 0 Å². The summed E-state index contributed by atoms with van der Waals surface area (Å²) in [6.45, 7) is 6.46. The maximum Gasteiger partial charge on any atom is 0.317 e. The standard InChI is InChI=1S/C15H22N6O2S/c1-12-17-14(19-18-12)24-10-4-16-15(22)21-7-5-20(6-8-21)11-13-3-2-9-23-13/h2-3,9H,4-8,10-11H2,1H3,(H,16,22)(H,17,18,19). The zero-order valence-electron chi connectivity index (χ0n) is 13.7. The largest absolute Gasteiger partial charge is 0.468 e. The first-order chi connectivity index (χ1) is 11.7. The number of hydrogen-bond donors (Lipinski definition) is 2. The van der Waals surface area contributed by atoms with Crippen molar-refractivity contribution in [3.8, 4) is 0 Å². The highest BCUT2D eigenvalue weighted by Crippen LogP contribution is 2.11. The molecule has 0 saturated carbocycles. The molecule has 0 spiro atoms. The number of thioether (sulfide) groups is 1. The Kier molecular flexibility index (Phi) is 5.76. The molecule has 2 aromatic heterocycles. The van der Waals surface area contributed by atoms with Gasteiger partial charge < -0.3 is 14.6 Å². The summed E-state index contributed by atoms with van der Waals surface area (Å²) in [7, 11) is 0. The van der Waals surface area contributed by atoms with E-state index >= 15 is 0 Å². The van der Waals surface area contributed by atoms with Crippen molar-refractivity contribution in [3.63, 3.8) is 0 Å². The van der Waals surface area contributed by atoms with E-state index in [1.54, 1.807) is 6.26 Å². The van der Waals surface area contributed by atoms with Gasteiger partial charge in [-0.05, 0) is 19.1 Å². The number of piperazine rings is 1. The number of urea groups is 1. The summed E-state index contributed by atoms with van der Waals surface area (Å²) in [5, 5.41) is 10.5. The molecule has 130 valence electrons. The summed E-state index contributed by atoms with van der Waals surface area (Å²) < 4.78 is 5.36. The van der Waals surface area contributed by atoms with Crippen molar-refractivity contribution in [2.24, 2.45) is 0 Å². The normalized spacial score (nSPS) is 15.6. The van der Waals surface area contributed by atoms with E-state index in [0.717, 1.165) is 50.1 Å². The van der Waals surface area contributed by atoms with Crippen LogP contribution in [0.25, 0.3) is 0 Å². The number of furan rings is 1. The Bertz CT molecular complexity index is 636. The molecule has 1 fully saturated rings. The van der Waals surface area contributed by atoms with Gasteiger partial charge >= 0.3 is 6.03 Å². The second kappa shape index (κ2) is 8.20. The lowest BCUT2D eigenvalue weighted by atomic mass is 10.3. The van der Waals surface area contributed by atoms with E-state index in [4.69, 9.17) is 4.42 Å². The molecule has 24 heavy (non-hydrogen) atoms. The molecule has 2 aromatic rings. The minimum atomic E-state index is -0.000541. The van der Waals surface area contributed by atoms with Crippen LogP contribution in [0, 0.1) is 6.92 Å². The van der Waals surface area contributed by atoms with Gasteiger partial charge in [0.25, 0.3) is 0 Å². The lowest BCUT2D eigenvalue weighted by Crippen LogP contribution is -2.51. The molecular weight excluding hydrogens is 328 g/mol. The molecule has 9 heteroatoms. The van der Waals surface area contributed by atoms with Crippen LogP contribution in [-0.4, -0.2) is 69.5 Å². The minimum absolute atomic E-state index is 0.000541. The number of amides is 2. The Morgan fingerprint density at radius 3 is 2.92 bits per heavy atom. The number of nitrogens with zero attached hydrogens (tertiary/aromatic N) is 4. The molecular formula is C15H22N6O2S. The smallest absolute Gasteiger partial charge is 0.317 e. The molecule has 1 aliphatic rings. The van der Waals surface area contributed by atoms with Crippen molar-refractivity contribution in [2.75, 3.05) is 38.5 Å². The lowest BCUT2D eigenvalue weighted by Gasteiger charge is -2.34. The van der Waals surface area contributed by atoms with E-state index in [0.29, 0.717) is 11.7 Å². The van der Waals surface area contributed by atoms with Crippen molar-refractivity contribution in [1.82, 2.24) is 30.3 Å². The van der Waals surface area contributed by atoms with Gasteiger partial charge in [-0.3, -0.25) is 10.00 Å². The highest BCUT2D eigenvalue weighted by Gasteiger charge is 2.21. The number of aromatic nitrogens is 3. The Labute approximate surface area is 145 Å². The first-order valence-corrected chi connectivity index (χ1v) is 8.98. The average Bonchev–Trinajstić information content (AvgIpc) is 3.24. The predicted molar refractivity (Wildman–Crippen MR) is 90.8 cm³/mol. The maximum absolute atomic E-state index is 12.2. The number of aryl methyl sites for hydroxylation is 1. The van der Waals surface area contributed by atoms with Gasteiger partial charge in [-0.15, -0.1) is 5.10 Å². The molecule has 2 amide bonds. The molecule has 0 radical (unpaired) electrons. The van der Waals surface area contributed by atoms with Crippen LogP contribution in [0.2, 0.25) is 0 Å². The van der Waals surface area contributed by atoms with E-state index in [2.05, 4.69) is 25.4 Å². The van der Waals surface area contributed by atoms with Crippen LogP contribution in [0.1, 0.15) is 11.6 Å². The van der Waals surface area contributed by atoms with E-state index in [1.165, 1.54) is 11.8 Å². The molecule has 0 bridgehead atoms. The Hall–Kier alpha value is -2.00. The Balaban J connectivity index is 1.31. The molecule has 0 aromatic carbocycles. The van der Waals surface area contributed by atoms with Crippen molar-refractivity contribution in [2.45, 2.75) is 18.6 Å². The van der Waals surface area contributed by atoms with Crippen LogP contribution in [0.15, 0.2) is 28.0 Å². The van der Waals surface area contributed by atoms with Gasteiger partial charge in [-0.25, -0.2) is 9.78 Å². The number of aromatic amines is 1.